The molecule has 0 radical (unpaired) electrons. The summed E-state index contributed by atoms with van der Waals surface area (Å²) in [5.41, 5.74) is 12.0. The molecule has 2 aliphatic heterocycles. The number of nitrogens with zero attached hydrogens (tertiary/aromatic N) is 2. The second kappa shape index (κ2) is 8.52. The van der Waals surface area contributed by atoms with E-state index in [1.165, 1.54) is 50.6 Å². The standard InChI is InChI=1S/C35H38N2/c1-7-34(5)28-18-12-14-20-30(28)37-32-23-26(27-17-11-9-15-24(27)3)21-22-31(32)36(33(37)35(34,6)8-2)29-19-13-10-16-25(29)4/h9-23,33H,7-8H2,1-6H3. The van der Waals surface area contributed by atoms with Crippen molar-refractivity contribution in [3.8, 4) is 11.1 Å². The van der Waals surface area contributed by atoms with Crippen LogP contribution < -0.4 is 9.80 Å². The smallest absolute Gasteiger partial charge is 0.117 e. The first-order valence-corrected chi connectivity index (χ1v) is 13.8. The minimum atomic E-state index is 0.0141. The fourth-order valence-electron chi connectivity index (χ4n) is 7.20. The predicted octanol–water partition coefficient (Wildman–Crippen LogP) is 9.68. The van der Waals surface area contributed by atoms with Crippen LogP contribution in [0.2, 0.25) is 0 Å². The summed E-state index contributed by atoms with van der Waals surface area (Å²) in [6.45, 7) is 14.3. The van der Waals surface area contributed by atoms with Gasteiger partial charge in [-0.3, -0.25) is 0 Å². The predicted molar refractivity (Wildman–Crippen MR) is 158 cm³/mol. The summed E-state index contributed by atoms with van der Waals surface area (Å²) in [5, 5.41) is 0. The summed E-state index contributed by atoms with van der Waals surface area (Å²) in [6.07, 6.45) is 2.37. The maximum atomic E-state index is 2.67. The summed E-state index contributed by atoms with van der Waals surface area (Å²) in [5.74, 6) is 0. The van der Waals surface area contributed by atoms with Gasteiger partial charge in [0.25, 0.3) is 0 Å². The zero-order valence-corrected chi connectivity index (χ0v) is 23.0. The quantitative estimate of drug-likeness (QED) is 0.283. The minimum Gasteiger partial charge on any atom is -0.317 e. The van der Waals surface area contributed by atoms with Crippen LogP contribution in [-0.2, 0) is 5.41 Å². The van der Waals surface area contributed by atoms with E-state index in [1.54, 1.807) is 0 Å². The van der Waals surface area contributed by atoms with Gasteiger partial charge in [0.15, 0.2) is 0 Å². The van der Waals surface area contributed by atoms with Gasteiger partial charge in [-0.1, -0.05) is 94.4 Å². The molecule has 0 amide bonds. The van der Waals surface area contributed by atoms with Gasteiger partial charge in [0.1, 0.15) is 6.17 Å². The molecule has 4 aromatic rings. The lowest BCUT2D eigenvalue weighted by atomic mass is 9.55. The average molecular weight is 487 g/mol. The highest BCUT2D eigenvalue weighted by Crippen LogP contribution is 2.64. The molecule has 0 saturated carbocycles. The lowest BCUT2D eigenvalue weighted by Crippen LogP contribution is -2.62. The molecule has 2 heterocycles. The summed E-state index contributed by atoms with van der Waals surface area (Å²) in [4.78, 5) is 5.32. The molecule has 0 spiro atoms. The second-order valence-corrected chi connectivity index (χ2v) is 11.4. The van der Waals surface area contributed by atoms with Crippen molar-refractivity contribution in [2.75, 3.05) is 9.80 Å². The van der Waals surface area contributed by atoms with E-state index in [4.69, 9.17) is 0 Å². The van der Waals surface area contributed by atoms with Gasteiger partial charge < -0.3 is 9.80 Å². The first-order chi connectivity index (χ1) is 17.9. The van der Waals surface area contributed by atoms with Gasteiger partial charge in [-0.15, -0.1) is 0 Å². The second-order valence-electron chi connectivity index (χ2n) is 11.4. The molecule has 3 atom stereocenters. The van der Waals surface area contributed by atoms with Crippen LogP contribution in [0.25, 0.3) is 11.1 Å². The fourth-order valence-corrected chi connectivity index (χ4v) is 7.20. The lowest BCUT2D eigenvalue weighted by Gasteiger charge is -2.59. The van der Waals surface area contributed by atoms with E-state index < -0.39 is 0 Å². The highest BCUT2D eigenvalue weighted by molar-refractivity contribution is 5.94. The molecule has 0 bridgehead atoms. The Bertz CT molecular complexity index is 1490. The van der Waals surface area contributed by atoms with Crippen molar-refractivity contribution in [1.82, 2.24) is 0 Å². The minimum absolute atomic E-state index is 0.0141. The van der Waals surface area contributed by atoms with E-state index in [-0.39, 0.29) is 17.0 Å². The molecule has 2 nitrogen and oxygen atoms in total. The van der Waals surface area contributed by atoms with Crippen molar-refractivity contribution in [2.45, 2.75) is 66.0 Å². The first-order valence-electron chi connectivity index (χ1n) is 13.8. The Labute approximate surface area is 222 Å². The van der Waals surface area contributed by atoms with Crippen molar-refractivity contribution in [2.24, 2.45) is 5.41 Å². The average Bonchev–Trinajstić information content (AvgIpc) is 3.27. The molecule has 6 rings (SSSR count). The van der Waals surface area contributed by atoms with Crippen LogP contribution in [0.4, 0.5) is 22.7 Å². The molecule has 0 N–H and O–H groups in total. The largest absolute Gasteiger partial charge is 0.317 e. The Morgan fingerprint density at radius 2 is 1.24 bits per heavy atom. The molecule has 0 fully saturated rings. The number of benzene rings is 4. The van der Waals surface area contributed by atoms with Gasteiger partial charge in [0.2, 0.25) is 0 Å². The van der Waals surface area contributed by atoms with E-state index in [2.05, 4.69) is 142 Å². The van der Waals surface area contributed by atoms with Gasteiger partial charge in [0.05, 0.1) is 11.4 Å². The summed E-state index contributed by atoms with van der Waals surface area (Å²) in [7, 11) is 0. The van der Waals surface area contributed by atoms with Crippen LogP contribution in [-0.4, -0.2) is 6.17 Å². The highest BCUT2D eigenvalue weighted by atomic mass is 15.4. The number of hydrogen-bond donors (Lipinski definition) is 0. The van der Waals surface area contributed by atoms with Crippen LogP contribution in [0.5, 0.6) is 0 Å². The molecule has 2 aliphatic rings. The lowest BCUT2D eigenvalue weighted by molar-refractivity contribution is 0.0966. The molecule has 2 heteroatoms. The molecule has 37 heavy (non-hydrogen) atoms. The van der Waals surface area contributed by atoms with Gasteiger partial charge in [0, 0.05) is 22.2 Å². The molecular weight excluding hydrogens is 448 g/mol. The summed E-state index contributed by atoms with van der Waals surface area (Å²) < 4.78 is 0. The Morgan fingerprint density at radius 3 is 1.92 bits per heavy atom. The molecule has 0 aliphatic carbocycles. The Balaban J connectivity index is 1.69. The van der Waals surface area contributed by atoms with Crippen LogP contribution >= 0.6 is 0 Å². The van der Waals surface area contributed by atoms with Crippen molar-refractivity contribution in [1.29, 1.82) is 0 Å². The zero-order valence-electron chi connectivity index (χ0n) is 23.0. The molecular formula is C35H38N2. The SMILES string of the molecule is CCC1(C)c2ccccc2N2c3cc(-c4ccccc4C)ccc3N(c3ccccc3C)C2C1(C)CC. The molecule has 0 aromatic heterocycles. The molecule has 0 saturated heterocycles. The van der Waals surface area contributed by atoms with Crippen molar-refractivity contribution < 1.29 is 0 Å². The molecule has 4 aromatic carbocycles. The Morgan fingerprint density at radius 1 is 0.622 bits per heavy atom. The van der Waals surface area contributed by atoms with Gasteiger partial charge in [-0.25, -0.2) is 0 Å². The van der Waals surface area contributed by atoms with Crippen LogP contribution in [0, 0.1) is 19.3 Å². The first kappa shape index (κ1) is 23.9. The maximum Gasteiger partial charge on any atom is 0.117 e. The number of aryl methyl sites for hydroxylation is 2. The number of fused-ring (bicyclic) bond motifs is 5. The summed E-state index contributed by atoms with van der Waals surface area (Å²) in [6, 6.07) is 33.9. The van der Waals surface area contributed by atoms with Crippen molar-refractivity contribution >= 4 is 22.7 Å². The van der Waals surface area contributed by atoms with E-state index in [0.29, 0.717) is 0 Å². The third kappa shape index (κ3) is 3.18. The van der Waals surface area contributed by atoms with E-state index in [0.717, 1.165) is 12.8 Å². The molecule has 3 unspecified atom stereocenters. The van der Waals surface area contributed by atoms with Crippen LogP contribution in [0.15, 0.2) is 91.0 Å². The van der Waals surface area contributed by atoms with Gasteiger partial charge in [-0.05, 0) is 78.8 Å². The topological polar surface area (TPSA) is 6.48 Å². The number of para-hydroxylation sites is 2. The third-order valence-corrected chi connectivity index (χ3v) is 9.84. The number of hydrogen-bond acceptors (Lipinski definition) is 2. The van der Waals surface area contributed by atoms with Crippen molar-refractivity contribution in [3.63, 3.8) is 0 Å². The van der Waals surface area contributed by atoms with E-state index in [1.807, 2.05) is 0 Å². The van der Waals surface area contributed by atoms with Gasteiger partial charge in [-0.2, -0.15) is 0 Å². The highest BCUT2D eigenvalue weighted by Gasteiger charge is 2.60. The molecule has 188 valence electrons. The summed E-state index contributed by atoms with van der Waals surface area (Å²) >= 11 is 0. The zero-order chi connectivity index (χ0) is 25.9. The maximum absolute atomic E-state index is 2.67. The Hall–Kier alpha value is -3.52. The Kier molecular flexibility index (Phi) is 5.49. The van der Waals surface area contributed by atoms with E-state index >= 15 is 0 Å². The van der Waals surface area contributed by atoms with Crippen LogP contribution in [0.1, 0.15) is 57.2 Å². The number of rotatable bonds is 4. The van der Waals surface area contributed by atoms with Crippen LogP contribution in [0.3, 0.4) is 0 Å². The number of anilines is 4. The monoisotopic (exact) mass is 486 g/mol. The normalized spacial score (nSPS) is 24.0. The van der Waals surface area contributed by atoms with Gasteiger partial charge >= 0.3 is 0 Å². The van der Waals surface area contributed by atoms with Crippen molar-refractivity contribution in [3.05, 3.63) is 108 Å². The fraction of sp³-hybridized carbons (Fsp3) is 0.314. The third-order valence-electron chi connectivity index (χ3n) is 9.84. The van der Waals surface area contributed by atoms with E-state index in [9.17, 15) is 0 Å².